The van der Waals surface area contributed by atoms with Crippen molar-refractivity contribution < 1.29 is 27.2 Å². The number of ether oxygens (including phenoxy) is 1. The van der Waals surface area contributed by atoms with Gasteiger partial charge < -0.3 is 15.4 Å². The Bertz CT molecular complexity index is 1940. The molecule has 3 saturated heterocycles. The number of fused-ring (bicyclic) bond motifs is 1. The zero-order valence-corrected chi connectivity index (χ0v) is 32.2. The molecule has 3 fully saturated rings. The monoisotopic (exact) mass is 821 g/mol. The van der Waals surface area contributed by atoms with Crippen LogP contribution in [-0.2, 0) is 21.1 Å². The fraction of sp³-hybridized carbons (Fsp3) is 0.515. The summed E-state index contributed by atoms with van der Waals surface area (Å²) in [5.74, 6) is -1.69. The predicted octanol–water partition coefficient (Wildman–Crippen LogP) is 3.68. The second kappa shape index (κ2) is 15.3. The number of aryl methyl sites for hydroxylation is 1. The molecule has 3 aliphatic rings. The summed E-state index contributed by atoms with van der Waals surface area (Å²) in [7, 11) is 0.346. The Morgan fingerprint density at radius 2 is 1.79 bits per heavy atom. The number of hydrogen-bond acceptors (Lipinski definition) is 14. The first kappa shape index (κ1) is 37.7. The molecule has 7 rings (SSSR count). The van der Waals surface area contributed by atoms with Crippen molar-refractivity contribution in [2.75, 3.05) is 70.5 Å². The maximum Gasteiger partial charge on any atom is 0.495 e. The number of nitrogens with zero attached hydrogens (tertiary/aromatic N) is 9. The molecule has 0 bridgehead atoms. The standard InChI is InChI=1S/C33H42BrF3N12O3P/c1-46-15-20(13-42-46)26-18-49(27(51-2)19-48(26)22-16-47(17-22)21-7-9-38-10-8-21)45-32-41-14-23(34)30(44-32)43-25-6-5-24-28(40-12-11-39-24)29(25)53(3,4)52-31(50)33(35,36)37/h5-6,11-15,21-22,26-27,38H,7-10,16-19H2,1-4H3,(H2,41,43,44,45)/q+1. The van der Waals surface area contributed by atoms with E-state index >= 15 is 0 Å². The van der Waals surface area contributed by atoms with E-state index in [1.165, 1.54) is 38.6 Å². The number of piperazine rings is 1. The Morgan fingerprint density at radius 1 is 1.04 bits per heavy atom. The van der Waals surface area contributed by atoms with Gasteiger partial charge in [0.2, 0.25) is 13.4 Å². The summed E-state index contributed by atoms with van der Waals surface area (Å²) >= 11 is 3.51. The van der Waals surface area contributed by atoms with Gasteiger partial charge >= 0.3 is 12.1 Å². The first-order chi connectivity index (χ1) is 25.3. The highest BCUT2D eigenvalue weighted by atomic mass is 79.9. The molecule has 2 atom stereocenters. The van der Waals surface area contributed by atoms with Crippen LogP contribution in [0.4, 0.5) is 30.6 Å². The van der Waals surface area contributed by atoms with E-state index < -0.39 is 19.6 Å². The van der Waals surface area contributed by atoms with Crippen LogP contribution in [0.25, 0.3) is 11.0 Å². The summed E-state index contributed by atoms with van der Waals surface area (Å²) in [6.45, 7) is 8.27. The van der Waals surface area contributed by atoms with Gasteiger partial charge in [0, 0.05) is 82.8 Å². The molecule has 0 aliphatic carbocycles. The summed E-state index contributed by atoms with van der Waals surface area (Å²) in [5, 5.41) is 13.4. The van der Waals surface area contributed by atoms with Crippen molar-refractivity contribution in [1.82, 2.24) is 49.8 Å². The molecule has 0 saturated carbocycles. The number of anilines is 3. The fourth-order valence-corrected chi connectivity index (χ4v) is 9.64. The van der Waals surface area contributed by atoms with Crippen LogP contribution >= 0.6 is 23.4 Å². The summed E-state index contributed by atoms with van der Waals surface area (Å²) in [6, 6.07) is 4.34. The summed E-state index contributed by atoms with van der Waals surface area (Å²) in [6.07, 6.45) is 5.28. The lowest BCUT2D eigenvalue weighted by molar-refractivity contribution is -0.189. The number of benzene rings is 1. The molecule has 284 valence electrons. The van der Waals surface area contributed by atoms with Gasteiger partial charge in [-0.15, -0.1) is 0 Å². The topological polar surface area (TPSA) is 151 Å². The van der Waals surface area contributed by atoms with Gasteiger partial charge in [0.15, 0.2) is 11.1 Å². The van der Waals surface area contributed by atoms with Gasteiger partial charge in [-0.2, -0.15) is 28.3 Å². The molecule has 0 amide bonds. The lowest BCUT2D eigenvalue weighted by Crippen LogP contribution is -2.68. The Labute approximate surface area is 313 Å². The number of carbonyl (C=O) groups is 1. The van der Waals surface area contributed by atoms with Gasteiger partial charge in [0.1, 0.15) is 11.7 Å². The molecule has 0 radical (unpaired) electrons. The Balaban J connectivity index is 1.13. The van der Waals surface area contributed by atoms with Crippen molar-refractivity contribution in [2.24, 2.45) is 7.05 Å². The maximum atomic E-state index is 13.3. The van der Waals surface area contributed by atoms with Crippen LogP contribution < -0.4 is 21.4 Å². The molecule has 4 aromatic rings. The lowest BCUT2D eigenvalue weighted by Gasteiger charge is -2.55. The zero-order chi connectivity index (χ0) is 37.5. The van der Waals surface area contributed by atoms with Crippen LogP contribution in [-0.4, -0.2) is 135 Å². The van der Waals surface area contributed by atoms with E-state index in [4.69, 9.17) is 14.2 Å². The number of alkyl halides is 3. The summed E-state index contributed by atoms with van der Waals surface area (Å²) in [4.78, 5) is 35.1. The van der Waals surface area contributed by atoms with Crippen LogP contribution in [0.2, 0.25) is 0 Å². The Morgan fingerprint density at radius 3 is 2.49 bits per heavy atom. The average Bonchev–Trinajstić information content (AvgIpc) is 3.54. The van der Waals surface area contributed by atoms with Gasteiger partial charge in [-0.1, -0.05) is 0 Å². The number of piperidine rings is 1. The normalized spacial score (nSPS) is 21.4. The number of hydrazine groups is 1. The average molecular weight is 823 g/mol. The highest BCUT2D eigenvalue weighted by molar-refractivity contribution is 9.10. The molecule has 3 N–H and O–H groups in total. The van der Waals surface area contributed by atoms with Crippen molar-refractivity contribution in [3.8, 4) is 0 Å². The summed E-state index contributed by atoms with van der Waals surface area (Å²) in [5.41, 5.74) is 5.55. The van der Waals surface area contributed by atoms with E-state index in [1.807, 2.05) is 29.1 Å². The number of nitrogens with one attached hydrogen (secondary N) is 3. The molecule has 2 unspecified atom stereocenters. The molecule has 6 heterocycles. The molecule has 53 heavy (non-hydrogen) atoms. The minimum absolute atomic E-state index is 0.0164. The van der Waals surface area contributed by atoms with E-state index in [1.54, 1.807) is 25.4 Å². The van der Waals surface area contributed by atoms with Crippen molar-refractivity contribution in [3.63, 3.8) is 0 Å². The number of methoxy groups -OCH3 is 1. The van der Waals surface area contributed by atoms with Crippen molar-refractivity contribution in [3.05, 3.63) is 53.2 Å². The third-order valence-electron chi connectivity index (χ3n) is 9.99. The molecular weight excluding hydrogens is 780 g/mol. The van der Waals surface area contributed by atoms with Crippen LogP contribution in [0.5, 0.6) is 0 Å². The largest absolute Gasteiger partial charge is 0.495 e. The lowest BCUT2D eigenvalue weighted by atomic mass is 9.94. The smallest absolute Gasteiger partial charge is 0.363 e. The van der Waals surface area contributed by atoms with Crippen LogP contribution in [0.1, 0.15) is 24.4 Å². The molecule has 1 aromatic carbocycles. The van der Waals surface area contributed by atoms with Crippen molar-refractivity contribution in [1.29, 1.82) is 0 Å². The Kier molecular flexibility index (Phi) is 10.9. The SMILES string of the molecule is COC1CN(C2CN(C3CCNCC3)C2)C(c2cnn(C)c2)CN1Nc1ncc(Br)c(Nc2ccc3nccnc3c2[P+](C)(C)OC(=O)C(F)(F)F)n1. The van der Waals surface area contributed by atoms with Gasteiger partial charge in [0.05, 0.1) is 41.2 Å². The van der Waals surface area contributed by atoms with E-state index in [9.17, 15) is 18.0 Å². The Hall–Kier alpha value is -3.58. The van der Waals surface area contributed by atoms with E-state index in [-0.39, 0.29) is 18.2 Å². The number of likely N-dealkylation sites (tertiary alicyclic amines) is 1. The maximum absolute atomic E-state index is 13.3. The van der Waals surface area contributed by atoms with Gasteiger partial charge in [0.25, 0.3) is 0 Å². The molecule has 0 spiro atoms. The number of aromatic nitrogens is 6. The van der Waals surface area contributed by atoms with Gasteiger partial charge in [-0.25, -0.2) is 14.8 Å². The molecule has 3 aromatic heterocycles. The number of hydrogen-bond donors (Lipinski definition) is 3. The predicted molar refractivity (Wildman–Crippen MR) is 198 cm³/mol. The minimum Gasteiger partial charge on any atom is -0.363 e. The third-order valence-corrected chi connectivity index (χ3v) is 12.7. The zero-order valence-electron chi connectivity index (χ0n) is 29.7. The molecular formula is C33H42BrF3N12O3P+. The molecule has 20 heteroatoms. The minimum atomic E-state index is -5.16. The summed E-state index contributed by atoms with van der Waals surface area (Å²) < 4.78 is 53.5. The number of rotatable bonds is 10. The fourth-order valence-electron chi connectivity index (χ4n) is 7.35. The first-order valence-electron chi connectivity index (χ1n) is 17.2. The van der Waals surface area contributed by atoms with Crippen molar-refractivity contribution >= 4 is 63.2 Å². The van der Waals surface area contributed by atoms with Crippen LogP contribution in [0.15, 0.2) is 47.6 Å². The highest BCUT2D eigenvalue weighted by Gasteiger charge is 2.50. The second-order valence-electron chi connectivity index (χ2n) is 13.8. The van der Waals surface area contributed by atoms with E-state index in [0.717, 1.165) is 31.7 Å². The quantitative estimate of drug-likeness (QED) is 0.200. The van der Waals surface area contributed by atoms with E-state index in [2.05, 4.69) is 61.8 Å². The van der Waals surface area contributed by atoms with Gasteiger partial charge in [-0.05, 0) is 54.0 Å². The first-order valence-corrected chi connectivity index (χ1v) is 20.6. The molecule has 3 aliphatic heterocycles. The van der Waals surface area contributed by atoms with Crippen LogP contribution in [0.3, 0.4) is 0 Å². The number of halogens is 4. The molecule has 15 nitrogen and oxygen atoms in total. The van der Waals surface area contributed by atoms with Gasteiger partial charge in [-0.3, -0.25) is 29.4 Å². The third kappa shape index (κ3) is 8.11. The van der Waals surface area contributed by atoms with Crippen LogP contribution in [0, 0.1) is 0 Å². The highest BCUT2D eigenvalue weighted by Crippen LogP contribution is 2.55. The second-order valence-corrected chi connectivity index (χ2v) is 18.0. The number of carbonyl (C=O) groups excluding carboxylic acids is 1. The van der Waals surface area contributed by atoms with Crippen molar-refractivity contribution in [2.45, 2.75) is 43.4 Å². The van der Waals surface area contributed by atoms with E-state index in [0.29, 0.717) is 57.5 Å².